The summed E-state index contributed by atoms with van der Waals surface area (Å²) >= 11 is 0. The molecule has 4 aliphatic heterocycles. The number of carbonyl (C=O) groups is 1. The molecule has 6 atom stereocenters. The Morgan fingerprint density at radius 1 is 1.23 bits per heavy atom. The molecule has 212 valence electrons. The molecule has 2 aromatic rings. The first-order valence-corrected chi connectivity index (χ1v) is 13.6. The van der Waals surface area contributed by atoms with Crippen molar-refractivity contribution >= 4 is 5.91 Å². The fraction of sp³-hybridized carbons (Fsp3) is 0.517. The first kappa shape index (κ1) is 26.5. The lowest BCUT2D eigenvalue weighted by Crippen LogP contribution is -2.68. The van der Waals surface area contributed by atoms with Gasteiger partial charge in [0.25, 0.3) is 0 Å². The maximum absolute atomic E-state index is 12.6. The zero-order valence-electron chi connectivity index (χ0n) is 23.3. The molecule has 0 aliphatic carbocycles. The van der Waals surface area contributed by atoms with Crippen LogP contribution >= 0.6 is 0 Å². The minimum Gasteiger partial charge on any atom is -0.507 e. The van der Waals surface area contributed by atoms with Crippen molar-refractivity contribution in [3.05, 3.63) is 39.4 Å². The SMILES string of the molecule is COc1c(C)cc2c(c1O)C1C3Cc4c(O)c(C)c5c(c4[C@H](CNC(=O)[C@H](C)N)N3[C@@H](C#N)[C@H](C2)N1C)OCO5. The number of piperazine rings is 1. The van der Waals surface area contributed by atoms with Gasteiger partial charge in [0.1, 0.15) is 11.8 Å². The molecule has 4 aliphatic rings. The molecule has 11 nitrogen and oxygen atoms in total. The van der Waals surface area contributed by atoms with Gasteiger partial charge >= 0.3 is 0 Å². The van der Waals surface area contributed by atoms with E-state index >= 15 is 0 Å². The maximum Gasteiger partial charge on any atom is 0.236 e. The number of nitrogens with two attached hydrogens (primary N) is 1. The van der Waals surface area contributed by atoms with Crippen LogP contribution in [0.2, 0.25) is 0 Å². The van der Waals surface area contributed by atoms with Gasteiger partial charge in [-0.2, -0.15) is 5.26 Å². The van der Waals surface area contributed by atoms with E-state index in [9.17, 15) is 20.3 Å². The highest BCUT2D eigenvalue weighted by molar-refractivity contribution is 5.81. The summed E-state index contributed by atoms with van der Waals surface area (Å²) in [7, 11) is 3.53. The van der Waals surface area contributed by atoms with Crippen LogP contribution < -0.4 is 25.3 Å². The Morgan fingerprint density at radius 2 is 1.95 bits per heavy atom. The second-order valence-corrected chi connectivity index (χ2v) is 11.3. The van der Waals surface area contributed by atoms with Gasteiger partial charge in [-0.15, -0.1) is 0 Å². The van der Waals surface area contributed by atoms with Crippen molar-refractivity contribution in [2.45, 2.75) is 69.9 Å². The first-order chi connectivity index (χ1) is 19.1. The molecule has 1 amide bonds. The fourth-order valence-corrected chi connectivity index (χ4v) is 7.40. The molecule has 0 saturated carbocycles. The van der Waals surface area contributed by atoms with Crippen LogP contribution in [0.4, 0.5) is 0 Å². The van der Waals surface area contributed by atoms with Crippen LogP contribution in [0.3, 0.4) is 0 Å². The maximum atomic E-state index is 12.6. The van der Waals surface area contributed by atoms with E-state index < -0.39 is 18.1 Å². The zero-order chi connectivity index (χ0) is 28.6. The number of aromatic hydroxyl groups is 2. The van der Waals surface area contributed by atoms with Crippen molar-refractivity contribution in [1.82, 2.24) is 15.1 Å². The summed E-state index contributed by atoms with van der Waals surface area (Å²) in [6.45, 7) is 5.48. The molecule has 0 aromatic heterocycles. The molecule has 6 rings (SSSR count). The molecule has 40 heavy (non-hydrogen) atoms. The van der Waals surface area contributed by atoms with Crippen LogP contribution in [0.1, 0.15) is 52.4 Å². The number of likely N-dealkylation sites (N-methyl/N-ethyl adjacent to an activating group) is 1. The van der Waals surface area contributed by atoms with Crippen molar-refractivity contribution in [3.63, 3.8) is 0 Å². The standard InChI is InChI=1S/C29H35N5O6/c1-12-6-15-7-17-19(9-30)34-18(23(33(17)4)21(15)25(36)26(12)38-5)8-16-22(20(34)10-32-29(37)14(3)31)28-27(39-11-40-28)13(2)24(16)35/h6,14,17-20,23,35-36H,7-8,10-11,31H2,1-5H3,(H,32,37)/t14-,17-,18?,19-,20-,23?/m0/s1. The van der Waals surface area contributed by atoms with E-state index in [0.29, 0.717) is 46.8 Å². The number of phenols is 2. The van der Waals surface area contributed by atoms with Crippen molar-refractivity contribution in [1.29, 1.82) is 5.26 Å². The van der Waals surface area contributed by atoms with Crippen LogP contribution in [0.15, 0.2) is 6.07 Å². The highest BCUT2D eigenvalue weighted by Gasteiger charge is 2.56. The lowest BCUT2D eigenvalue weighted by atomic mass is 9.71. The lowest BCUT2D eigenvalue weighted by Gasteiger charge is -2.60. The third-order valence-electron chi connectivity index (χ3n) is 9.17. The predicted octanol–water partition coefficient (Wildman–Crippen LogP) is 1.69. The van der Waals surface area contributed by atoms with Gasteiger partial charge in [-0.3, -0.25) is 14.6 Å². The second kappa shape index (κ2) is 9.44. The molecular formula is C29H35N5O6. The highest BCUT2D eigenvalue weighted by Crippen LogP contribution is 2.58. The number of fused-ring (bicyclic) bond motifs is 9. The van der Waals surface area contributed by atoms with E-state index in [4.69, 9.17) is 19.9 Å². The largest absolute Gasteiger partial charge is 0.507 e. The molecule has 2 unspecified atom stereocenters. The van der Waals surface area contributed by atoms with Gasteiger partial charge in [-0.05, 0) is 51.8 Å². The van der Waals surface area contributed by atoms with Crippen LogP contribution in [0, 0.1) is 25.2 Å². The van der Waals surface area contributed by atoms with E-state index in [1.807, 2.05) is 20.0 Å². The average Bonchev–Trinajstić information content (AvgIpc) is 3.41. The zero-order valence-corrected chi connectivity index (χ0v) is 23.3. The van der Waals surface area contributed by atoms with E-state index in [-0.39, 0.29) is 48.9 Å². The quantitative estimate of drug-likeness (QED) is 0.443. The number of nitriles is 1. The monoisotopic (exact) mass is 549 g/mol. The summed E-state index contributed by atoms with van der Waals surface area (Å²) in [5, 5.41) is 36.5. The molecular weight excluding hydrogens is 514 g/mol. The van der Waals surface area contributed by atoms with Crippen LogP contribution in [0.5, 0.6) is 28.7 Å². The minimum absolute atomic E-state index is 0.0183. The molecule has 2 aromatic carbocycles. The van der Waals surface area contributed by atoms with Crippen molar-refractivity contribution in [3.8, 4) is 34.8 Å². The Hall–Kier alpha value is -3.72. The van der Waals surface area contributed by atoms with Gasteiger partial charge < -0.3 is 35.5 Å². The smallest absolute Gasteiger partial charge is 0.236 e. The Bertz CT molecular complexity index is 1450. The summed E-state index contributed by atoms with van der Waals surface area (Å²) < 4.78 is 17.3. The number of nitrogens with zero attached hydrogens (tertiary/aromatic N) is 3. The molecule has 5 N–H and O–H groups in total. The Balaban J connectivity index is 1.58. The summed E-state index contributed by atoms with van der Waals surface area (Å²) in [4.78, 5) is 17.0. The van der Waals surface area contributed by atoms with Crippen molar-refractivity contribution < 1.29 is 29.2 Å². The van der Waals surface area contributed by atoms with Crippen molar-refractivity contribution in [2.24, 2.45) is 5.73 Å². The highest BCUT2D eigenvalue weighted by atomic mass is 16.7. The number of benzene rings is 2. The number of aryl methyl sites for hydroxylation is 1. The molecule has 4 heterocycles. The third-order valence-corrected chi connectivity index (χ3v) is 9.17. The molecule has 11 heteroatoms. The van der Waals surface area contributed by atoms with Gasteiger partial charge in [0, 0.05) is 40.9 Å². The van der Waals surface area contributed by atoms with E-state index in [2.05, 4.69) is 21.2 Å². The number of amides is 1. The Kier molecular flexibility index (Phi) is 6.25. The topological polar surface area (TPSA) is 154 Å². The number of phenolic OH excluding ortho intramolecular Hbond substituents is 2. The lowest BCUT2D eigenvalue weighted by molar-refractivity contribution is -0.123. The Morgan fingerprint density at radius 3 is 2.62 bits per heavy atom. The molecule has 0 radical (unpaired) electrons. The van der Waals surface area contributed by atoms with E-state index in [0.717, 1.165) is 16.7 Å². The summed E-state index contributed by atoms with van der Waals surface area (Å²) in [5.74, 6) is 1.33. The number of carbonyl (C=O) groups excluding carboxylic acids is 1. The third kappa shape index (κ3) is 3.56. The van der Waals surface area contributed by atoms with Gasteiger partial charge in [0.15, 0.2) is 23.0 Å². The van der Waals surface area contributed by atoms with Gasteiger partial charge in [-0.1, -0.05) is 6.07 Å². The number of hydrogen-bond donors (Lipinski definition) is 4. The number of methoxy groups -OCH3 is 1. The van der Waals surface area contributed by atoms with Crippen LogP contribution in [0.25, 0.3) is 0 Å². The van der Waals surface area contributed by atoms with E-state index in [1.165, 1.54) is 0 Å². The minimum atomic E-state index is -0.714. The van der Waals surface area contributed by atoms with Gasteiger partial charge in [0.2, 0.25) is 12.7 Å². The number of rotatable bonds is 4. The summed E-state index contributed by atoms with van der Waals surface area (Å²) in [6.07, 6.45) is 0.955. The summed E-state index contributed by atoms with van der Waals surface area (Å²) in [6, 6.07) is 2.02. The number of hydrogen-bond acceptors (Lipinski definition) is 10. The molecule has 1 fully saturated rings. The normalized spacial score (nSPS) is 27.2. The molecule has 1 saturated heterocycles. The fourth-order valence-electron chi connectivity index (χ4n) is 7.40. The average molecular weight is 550 g/mol. The summed E-state index contributed by atoms with van der Waals surface area (Å²) in [5.41, 5.74) is 10.4. The van der Waals surface area contributed by atoms with Gasteiger partial charge in [-0.25, -0.2) is 0 Å². The van der Waals surface area contributed by atoms with Crippen molar-refractivity contribution in [2.75, 3.05) is 27.5 Å². The van der Waals surface area contributed by atoms with Crippen LogP contribution in [-0.4, -0.2) is 77.6 Å². The van der Waals surface area contributed by atoms with Crippen LogP contribution in [-0.2, 0) is 17.6 Å². The number of ether oxygens (including phenoxy) is 3. The molecule has 0 spiro atoms. The second-order valence-electron chi connectivity index (χ2n) is 11.3. The van der Waals surface area contributed by atoms with Gasteiger partial charge in [0.05, 0.1) is 31.3 Å². The Labute approximate surface area is 233 Å². The molecule has 2 bridgehead atoms. The van der Waals surface area contributed by atoms with E-state index in [1.54, 1.807) is 21.0 Å². The number of nitrogens with one attached hydrogen (secondary N) is 1. The predicted molar refractivity (Wildman–Crippen MR) is 144 cm³/mol. The first-order valence-electron chi connectivity index (χ1n) is 13.6.